The summed E-state index contributed by atoms with van der Waals surface area (Å²) in [5, 5.41) is 19.6. The summed E-state index contributed by atoms with van der Waals surface area (Å²) < 4.78 is 22.5. The maximum atomic E-state index is 12.4. The molecule has 0 saturated carbocycles. The Labute approximate surface area is 228 Å². The fraction of sp³-hybridized carbons (Fsp3) is 0.320. The van der Waals surface area contributed by atoms with Crippen molar-refractivity contribution in [2.45, 2.75) is 26.1 Å². The second-order valence-corrected chi connectivity index (χ2v) is 8.97. The lowest BCUT2D eigenvalue weighted by Crippen LogP contribution is -2.45. The fourth-order valence-corrected chi connectivity index (χ4v) is 4.34. The number of hydrazone groups is 1. The number of halogens is 1. The molecule has 198 valence electrons. The van der Waals surface area contributed by atoms with Gasteiger partial charge < -0.3 is 34.7 Å². The molecule has 37 heavy (non-hydrogen) atoms. The summed E-state index contributed by atoms with van der Waals surface area (Å²) in [7, 11) is 2.89. The summed E-state index contributed by atoms with van der Waals surface area (Å²) in [6, 6.07) is 9.43. The SMILES string of the molecule is CCOc1cc([C@@H]2NC(=O)NC(C)=C2C(=O)OC)ccc1OC[C@H](O)N/N=C\c1ccc(OC)c(I)c1. The van der Waals surface area contributed by atoms with Gasteiger partial charge in [-0.2, -0.15) is 5.10 Å². The molecule has 4 N–H and O–H groups in total. The van der Waals surface area contributed by atoms with E-state index < -0.39 is 24.3 Å². The van der Waals surface area contributed by atoms with Crippen molar-refractivity contribution in [2.75, 3.05) is 27.4 Å². The number of aliphatic hydroxyl groups excluding tert-OH is 1. The van der Waals surface area contributed by atoms with Crippen LogP contribution in [-0.4, -0.2) is 57.0 Å². The second kappa shape index (κ2) is 13.1. The van der Waals surface area contributed by atoms with Crippen LogP contribution in [0.2, 0.25) is 0 Å². The van der Waals surface area contributed by atoms with Gasteiger partial charge in [0, 0.05) is 5.70 Å². The molecule has 0 saturated heterocycles. The molecule has 11 nitrogen and oxygen atoms in total. The van der Waals surface area contributed by atoms with E-state index in [9.17, 15) is 14.7 Å². The predicted molar refractivity (Wildman–Crippen MR) is 145 cm³/mol. The molecule has 12 heteroatoms. The normalized spacial score (nSPS) is 16.1. The number of allylic oxidation sites excluding steroid dienone is 1. The standard InChI is InChI=1S/C25H29IN4O7/c1-5-36-20-11-16(23-22(24(32)35-4)14(2)28-25(33)29-23)7-9-19(20)37-13-21(31)30-27-12-15-6-8-18(34-3)17(26)10-15/h6-12,21,23,30-31H,5,13H2,1-4H3,(H2,28,29,33)/b27-12-/t21-,23-/m0/s1. The molecule has 0 radical (unpaired) electrons. The van der Waals surface area contributed by atoms with Crippen LogP contribution in [0, 0.1) is 3.57 Å². The maximum absolute atomic E-state index is 12.4. The zero-order valence-corrected chi connectivity index (χ0v) is 23.0. The molecule has 2 atom stereocenters. The van der Waals surface area contributed by atoms with Gasteiger partial charge in [0.2, 0.25) is 0 Å². The Bertz CT molecular complexity index is 1200. The molecule has 0 bridgehead atoms. The molecule has 0 fully saturated rings. The maximum Gasteiger partial charge on any atom is 0.337 e. The van der Waals surface area contributed by atoms with E-state index in [4.69, 9.17) is 18.9 Å². The summed E-state index contributed by atoms with van der Waals surface area (Å²) in [6.45, 7) is 3.68. The third-order valence-electron chi connectivity index (χ3n) is 5.29. The van der Waals surface area contributed by atoms with Gasteiger partial charge in [0.05, 0.1) is 42.2 Å². The number of nitrogens with zero attached hydrogens (tertiary/aromatic N) is 1. The molecule has 1 heterocycles. The third-order valence-corrected chi connectivity index (χ3v) is 6.13. The zero-order chi connectivity index (χ0) is 26.9. The zero-order valence-electron chi connectivity index (χ0n) is 20.8. The summed E-state index contributed by atoms with van der Waals surface area (Å²) in [6.07, 6.45) is 0.482. The van der Waals surface area contributed by atoms with Crippen LogP contribution in [0.5, 0.6) is 17.2 Å². The van der Waals surface area contributed by atoms with Crippen LogP contribution in [0.25, 0.3) is 0 Å². The van der Waals surface area contributed by atoms with Crippen molar-refractivity contribution in [1.82, 2.24) is 16.1 Å². The first-order valence-electron chi connectivity index (χ1n) is 11.3. The highest BCUT2D eigenvalue weighted by molar-refractivity contribution is 14.1. The van der Waals surface area contributed by atoms with Crippen LogP contribution >= 0.6 is 22.6 Å². The van der Waals surface area contributed by atoms with Gasteiger partial charge in [0.1, 0.15) is 12.4 Å². The molecule has 1 aliphatic heterocycles. The van der Waals surface area contributed by atoms with Crippen LogP contribution in [0.3, 0.4) is 0 Å². The molecular formula is C25H29IN4O7. The van der Waals surface area contributed by atoms with E-state index in [1.54, 1.807) is 38.4 Å². The van der Waals surface area contributed by atoms with Crippen molar-refractivity contribution < 1.29 is 33.6 Å². The van der Waals surface area contributed by atoms with Gasteiger partial charge in [-0.3, -0.25) is 5.43 Å². The van der Waals surface area contributed by atoms with Gasteiger partial charge in [0.25, 0.3) is 0 Å². The molecule has 2 aromatic rings. The van der Waals surface area contributed by atoms with Crippen LogP contribution in [0.15, 0.2) is 52.8 Å². The Morgan fingerprint density at radius 2 is 1.95 bits per heavy atom. The number of carbonyl (C=O) groups is 2. The Balaban J connectivity index is 1.69. The number of rotatable bonds is 11. The Morgan fingerprint density at radius 1 is 1.19 bits per heavy atom. The number of nitrogens with one attached hydrogen (secondary N) is 3. The first-order chi connectivity index (χ1) is 17.8. The van der Waals surface area contributed by atoms with Gasteiger partial charge in [0.15, 0.2) is 17.7 Å². The quantitative estimate of drug-likeness (QED) is 0.0985. The molecular weight excluding hydrogens is 595 g/mol. The highest BCUT2D eigenvalue weighted by Gasteiger charge is 2.32. The number of aliphatic hydroxyl groups is 1. The topological polar surface area (TPSA) is 140 Å². The highest BCUT2D eigenvalue weighted by atomic mass is 127. The first kappa shape index (κ1) is 28.1. The van der Waals surface area contributed by atoms with Crippen LogP contribution in [0.1, 0.15) is 31.0 Å². The van der Waals surface area contributed by atoms with Crippen molar-refractivity contribution >= 4 is 40.8 Å². The van der Waals surface area contributed by atoms with E-state index in [2.05, 4.69) is 43.8 Å². The Kier molecular flexibility index (Phi) is 9.97. The molecule has 2 amide bonds. The molecule has 0 spiro atoms. The van der Waals surface area contributed by atoms with Crippen LogP contribution < -0.4 is 30.3 Å². The second-order valence-electron chi connectivity index (χ2n) is 7.81. The monoisotopic (exact) mass is 624 g/mol. The number of esters is 1. The lowest BCUT2D eigenvalue weighted by molar-refractivity contribution is -0.136. The minimum absolute atomic E-state index is 0.118. The molecule has 0 aromatic heterocycles. The van der Waals surface area contributed by atoms with Gasteiger partial charge in [-0.15, -0.1) is 0 Å². The third kappa shape index (κ3) is 7.26. The Hall–Kier alpha value is -3.52. The van der Waals surface area contributed by atoms with Gasteiger partial charge in [-0.1, -0.05) is 6.07 Å². The average Bonchev–Trinajstić information content (AvgIpc) is 2.87. The van der Waals surface area contributed by atoms with E-state index in [-0.39, 0.29) is 12.2 Å². The number of benzene rings is 2. The number of urea groups is 1. The number of hydrogen-bond acceptors (Lipinski definition) is 9. The highest BCUT2D eigenvalue weighted by Crippen LogP contribution is 2.35. The number of ether oxygens (including phenoxy) is 4. The number of carbonyl (C=O) groups excluding carboxylic acids is 2. The predicted octanol–water partition coefficient (Wildman–Crippen LogP) is 2.82. The number of methoxy groups -OCH3 is 2. The lowest BCUT2D eigenvalue weighted by Gasteiger charge is -2.28. The van der Waals surface area contributed by atoms with Gasteiger partial charge >= 0.3 is 12.0 Å². The summed E-state index contributed by atoms with van der Waals surface area (Å²) in [5.74, 6) is 0.969. The van der Waals surface area contributed by atoms with E-state index in [0.29, 0.717) is 29.4 Å². The van der Waals surface area contributed by atoms with Crippen molar-refractivity contribution in [3.05, 3.63) is 62.4 Å². The molecule has 0 unspecified atom stereocenters. The van der Waals surface area contributed by atoms with Crippen molar-refractivity contribution in [3.63, 3.8) is 0 Å². The molecule has 0 aliphatic carbocycles. The van der Waals surface area contributed by atoms with Crippen molar-refractivity contribution in [2.24, 2.45) is 5.10 Å². The number of amides is 2. The van der Waals surface area contributed by atoms with E-state index in [1.165, 1.54) is 7.11 Å². The van der Waals surface area contributed by atoms with Crippen LogP contribution in [0.4, 0.5) is 4.79 Å². The Morgan fingerprint density at radius 3 is 2.62 bits per heavy atom. The average molecular weight is 624 g/mol. The molecule has 3 rings (SSSR count). The van der Waals surface area contributed by atoms with E-state index >= 15 is 0 Å². The molecule has 2 aromatic carbocycles. The summed E-state index contributed by atoms with van der Waals surface area (Å²) >= 11 is 2.17. The van der Waals surface area contributed by atoms with Crippen LogP contribution in [-0.2, 0) is 9.53 Å². The minimum atomic E-state index is -1.09. The lowest BCUT2D eigenvalue weighted by atomic mass is 9.95. The van der Waals surface area contributed by atoms with Crippen molar-refractivity contribution in [1.29, 1.82) is 0 Å². The summed E-state index contributed by atoms with van der Waals surface area (Å²) in [5.41, 5.74) is 4.73. The number of hydrogen-bond donors (Lipinski definition) is 4. The largest absolute Gasteiger partial charge is 0.496 e. The van der Waals surface area contributed by atoms with Gasteiger partial charge in [-0.25, -0.2) is 9.59 Å². The van der Waals surface area contributed by atoms with E-state index in [1.807, 2.05) is 25.1 Å². The van der Waals surface area contributed by atoms with Gasteiger partial charge in [-0.05, 0) is 77.9 Å². The smallest absolute Gasteiger partial charge is 0.337 e. The fourth-order valence-electron chi connectivity index (χ4n) is 3.58. The molecule has 1 aliphatic rings. The van der Waals surface area contributed by atoms with Crippen molar-refractivity contribution in [3.8, 4) is 17.2 Å². The summed E-state index contributed by atoms with van der Waals surface area (Å²) in [4.78, 5) is 24.4. The first-order valence-corrected chi connectivity index (χ1v) is 12.4. The minimum Gasteiger partial charge on any atom is -0.496 e. The van der Waals surface area contributed by atoms with E-state index in [0.717, 1.165) is 14.9 Å².